The molecule has 0 fully saturated rings. The maximum Gasteiger partial charge on any atom is 0.0708 e. The van der Waals surface area contributed by atoms with Gasteiger partial charge in [-0.15, -0.1) is 0 Å². The summed E-state index contributed by atoms with van der Waals surface area (Å²) in [5, 5.41) is 1.33. The Hall–Kier alpha value is -1.37. The molecule has 1 heteroatoms. The Morgan fingerprint density at radius 1 is 1.06 bits per heavy atom. The fraction of sp³-hybridized carbons (Fsp3) is 0.438. The molecule has 1 nitrogen and oxygen atoms in total. The minimum Gasteiger partial charge on any atom is -0.253 e. The lowest BCUT2D eigenvalue weighted by Crippen LogP contribution is -1.97. The largest absolute Gasteiger partial charge is 0.253 e. The third-order valence-corrected chi connectivity index (χ3v) is 3.36. The maximum absolute atomic E-state index is 4.76. The summed E-state index contributed by atoms with van der Waals surface area (Å²) in [5.74, 6) is 0.496. The molecule has 0 aliphatic heterocycles. The molecule has 0 aliphatic rings. The zero-order valence-corrected chi connectivity index (χ0v) is 11.2. The molecule has 17 heavy (non-hydrogen) atoms. The summed E-state index contributed by atoms with van der Waals surface area (Å²) in [6.07, 6.45) is 2.16. The van der Waals surface area contributed by atoms with Crippen LogP contribution in [-0.2, 0) is 12.8 Å². The number of benzene rings is 1. The molecule has 2 rings (SSSR count). The van der Waals surface area contributed by atoms with Crippen molar-refractivity contribution in [3.05, 3.63) is 41.1 Å². The quantitative estimate of drug-likeness (QED) is 0.753. The molecule has 90 valence electrons. The van der Waals surface area contributed by atoms with E-state index >= 15 is 0 Å². The maximum atomic E-state index is 4.76. The van der Waals surface area contributed by atoms with Gasteiger partial charge in [-0.25, -0.2) is 0 Å². The normalized spacial score (nSPS) is 11.4. The molecular formula is C16H21N. The highest BCUT2D eigenvalue weighted by Gasteiger charge is 2.07. The average Bonchev–Trinajstić information content (AvgIpc) is 2.36. The van der Waals surface area contributed by atoms with E-state index in [9.17, 15) is 0 Å². The summed E-state index contributed by atoms with van der Waals surface area (Å²) in [7, 11) is 0. The molecule has 0 bridgehead atoms. The van der Waals surface area contributed by atoms with Gasteiger partial charge in [-0.2, -0.15) is 0 Å². The Bertz CT molecular complexity index is 526. The van der Waals surface area contributed by atoms with Crippen molar-refractivity contribution in [3.8, 4) is 0 Å². The van der Waals surface area contributed by atoms with Crippen LogP contribution in [0.2, 0.25) is 0 Å². The van der Waals surface area contributed by atoms with E-state index in [0.717, 1.165) is 18.4 Å². The number of aryl methyl sites for hydroxylation is 2. The molecule has 0 N–H and O–H groups in total. The number of rotatable bonds is 3. The van der Waals surface area contributed by atoms with E-state index in [0.29, 0.717) is 5.92 Å². The van der Waals surface area contributed by atoms with Gasteiger partial charge in [0.25, 0.3) is 0 Å². The van der Waals surface area contributed by atoms with Gasteiger partial charge in [0.05, 0.1) is 5.52 Å². The molecule has 0 unspecified atom stereocenters. The number of hydrogen-bond donors (Lipinski definition) is 0. The lowest BCUT2D eigenvalue weighted by molar-refractivity contribution is 0.826. The van der Waals surface area contributed by atoms with Crippen molar-refractivity contribution in [2.24, 2.45) is 0 Å². The van der Waals surface area contributed by atoms with E-state index in [1.165, 1.54) is 22.2 Å². The second kappa shape index (κ2) is 4.87. The highest BCUT2D eigenvalue weighted by molar-refractivity contribution is 5.83. The van der Waals surface area contributed by atoms with Crippen LogP contribution in [0.5, 0.6) is 0 Å². The van der Waals surface area contributed by atoms with E-state index in [1.54, 1.807) is 0 Å². The molecule has 1 aromatic heterocycles. The summed E-state index contributed by atoms with van der Waals surface area (Å²) in [5.41, 5.74) is 5.17. The first-order chi connectivity index (χ1) is 8.15. The van der Waals surface area contributed by atoms with Crippen molar-refractivity contribution in [3.63, 3.8) is 0 Å². The summed E-state index contributed by atoms with van der Waals surface area (Å²) >= 11 is 0. The van der Waals surface area contributed by atoms with Crippen LogP contribution in [-0.4, -0.2) is 4.98 Å². The lowest BCUT2D eigenvalue weighted by Gasteiger charge is -2.11. The van der Waals surface area contributed by atoms with Gasteiger partial charge >= 0.3 is 0 Å². The van der Waals surface area contributed by atoms with E-state index in [4.69, 9.17) is 4.98 Å². The standard InChI is InChI=1S/C16H21N/c1-5-12-7-8-15-14(9-12)13(6-2)10-16(17-15)11(3)4/h7-11H,5-6H2,1-4H3. The third-order valence-electron chi connectivity index (χ3n) is 3.36. The molecule has 0 atom stereocenters. The fourth-order valence-electron chi connectivity index (χ4n) is 2.17. The Morgan fingerprint density at radius 2 is 1.82 bits per heavy atom. The Kier molecular flexibility index (Phi) is 3.46. The van der Waals surface area contributed by atoms with E-state index < -0.39 is 0 Å². The van der Waals surface area contributed by atoms with E-state index in [1.807, 2.05) is 0 Å². The zero-order valence-electron chi connectivity index (χ0n) is 11.2. The monoisotopic (exact) mass is 227 g/mol. The molecule has 0 saturated heterocycles. The minimum atomic E-state index is 0.496. The summed E-state index contributed by atoms with van der Waals surface area (Å²) < 4.78 is 0. The average molecular weight is 227 g/mol. The van der Waals surface area contributed by atoms with Gasteiger partial charge in [0.15, 0.2) is 0 Å². The number of nitrogens with zero attached hydrogens (tertiary/aromatic N) is 1. The van der Waals surface area contributed by atoms with Crippen molar-refractivity contribution in [1.82, 2.24) is 4.98 Å². The topological polar surface area (TPSA) is 12.9 Å². The van der Waals surface area contributed by atoms with E-state index in [-0.39, 0.29) is 0 Å². The van der Waals surface area contributed by atoms with Crippen molar-refractivity contribution in [2.75, 3.05) is 0 Å². The second-order valence-corrected chi connectivity index (χ2v) is 4.92. The molecule has 2 aromatic rings. The first-order valence-electron chi connectivity index (χ1n) is 6.58. The van der Waals surface area contributed by atoms with Crippen molar-refractivity contribution in [2.45, 2.75) is 46.5 Å². The first-order valence-corrected chi connectivity index (χ1v) is 6.58. The summed E-state index contributed by atoms with van der Waals surface area (Å²) in [6, 6.07) is 8.93. The van der Waals surface area contributed by atoms with Crippen LogP contribution >= 0.6 is 0 Å². The fourth-order valence-corrected chi connectivity index (χ4v) is 2.17. The van der Waals surface area contributed by atoms with E-state index in [2.05, 4.69) is 52.0 Å². The van der Waals surface area contributed by atoms with Gasteiger partial charge in [0, 0.05) is 11.1 Å². The molecular weight excluding hydrogens is 206 g/mol. The SMILES string of the molecule is CCc1ccc2nc(C(C)C)cc(CC)c2c1. The number of pyridine rings is 1. The number of fused-ring (bicyclic) bond motifs is 1. The molecule has 0 aliphatic carbocycles. The summed E-state index contributed by atoms with van der Waals surface area (Å²) in [4.78, 5) is 4.76. The van der Waals surface area contributed by atoms with Gasteiger partial charge in [-0.05, 0) is 48.1 Å². The third kappa shape index (κ3) is 2.33. The highest BCUT2D eigenvalue weighted by atomic mass is 14.7. The van der Waals surface area contributed by atoms with Gasteiger partial charge < -0.3 is 0 Å². The Balaban J connectivity index is 2.68. The Morgan fingerprint density at radius 3 is 2.41 bits per heavy atom. The molecule has 0 saturated carbocycles. The Labute approximate surface area is 104 Å². The zero-order chi connectivity index (χ0) is 12.4. The van der Waals surface area contributed by atoms with Crippen LogP contribution < -0.4 is 0 Å². The smallest absolute Gasteiger partial charge is 0.0708 e. The van der Waals surface area contributed by atoms with Crippen molar-refractivity contribution in [1.29, 1.82) is 0 Å². The van der Waals surface area contributed by atoms with Crippen LogP contribution in [0.3, 0.4) is 0 Å². The lowest BCUT2D eigenvalue weighted by atomic mass is 9.99. The molecule has 0 radical (unpaired) electrons. The van der Waals surface area contributed by atoms with Gasteiger partial charge in [0.2, 0.25) is 0 Å². The minimum absolute atomic E-state index is 0.496. The van der Waals surface area contributed by atoms with Gasteiger partial charge in [-0.1, -0.05) is 33.8 Å². The second-order valence-electron chi connectivity index (χ2n) is 4.92. The van der Waals surface area contributed by atoms with Crippen LogP contribution in [0.4, 0.5) is 0 Å². The van der Waals surface area contributed by atoms with Crippen LogP contribution in [0.1, 0.15) is 50.4 Å². The van der Waals surface area contributed by atoms with Gasteiger partial charge in [0.1, 0.15) is 0 Å². The molecule has 0 amide bonds. The van der Waals surface area contributed by atoms with Gasteiger partial charge in [-0.3, -0.25) is 4.98 Å². The predicted octanol–water partition coefficient (Wildman–Crippen LogP) is 4.48. The number of hydrogen-bond acceptors (Lipinski definition) is 1. The molecule has 0 spiro atoms. The van der Waals surface area contributed by atoms with Crippen LogP contribution in [0.15, 0.2) is 24.3 Å². The summed E-state index contributed by atoms with van der Waals surface area (Å²) in [6.45, 7) is 8.82. The van der Waals surface area contributed by atoms with Crippen LogP contribution in [0.25, 0.3) is 10.9 Å². The van der Waals surface area contributed by atoms with Crippen molar-refractivity contribution >= 4 is 10.9 Å². The predicted molar refractivity (Wildman–Crippen MR) is 74.6 cm³/mol. The molecule has 1 heterocycles. The number of aromatic nitrogens is 1. The highest BCUT2D eigenvalue weighted by Crippen LogP contribution is 2.24. The van der Waals surface area contributed by atoms with Crippen LogP contribution in [0, 0.1) is 0 Å². The van der Waals surface area contributed by atoms with Crippen molar-refractivity contribution < 1.29 is 0 Å². The first kappa shape index (κ1) is 12.1. The molecule has 1 aromatic carbocycles.